The summed E-state index contributed by atoms with van der Waals surface area (Å²) in [6.07, 6.45) is 8.47. The molecule has 0 radical (unpaired) electrons. The number of rotatable bonds is 7. The minimum absolute atomic E-state index is 0.0458. The van der Waals surface area contributed by atoms with Crippen LogP contribution in [0.25, 0.3) is 0 Å². The molecule has 2 aromatic carbocycles. The number of benzene rings is 2. The van der Waals surface area contributed by atoms with Crippen molar-refractivity contribution in [1.82, 2.24) is 15.1 Å². The lowest BCUT2D eigenvalue weighted by molar-refractivity contribution is -0.136. The summed E-state index contributed by atoms with van der Waals surface area (Å²) in [6, 6.07) is 21.4. The van der Waals surface area contributed by atoms with Crippen LogP contribution in [-0.2, 0) is 9.59 Å². The van der Waals surface area contributed by atoms with Gasteiger partial charge in [0.15, 0.2) is 0 Å². The van der Waals surface area contributed by atoms with E-state index in [9.17, 15) is 9.59 Å². The van der Waals surface area contributed by atoms with Crippen LogP contribution < -0.4 is 5.32 Å². The van der Waals surface area contributed by atoms with E-state index in [0.717, 1.165) is 30.8 Å². The van der Waals surface area contributed by atoms with Gasteiger partial charge < -0.3 is 10.2 Å². The van der Waals surface area contributed by atoms with Crippen molar-refractivity contribution >= 4 is 11.8 Å². The number of carbonyl (C=O) groups excluding carboxylic acids is 2. The molecular formula is C31H39N3O2. The molecule has 0 unspecified atom stereocenters. The van der Waals surface area contributed by atoms with Gasteiger partial charge in [-0.05, 0) is 72.8 Å². The Morgan fingerprint density at radius 3 is 1.78 bits per heavy atom. The largest absolute Gasteiger partial charge is 0.347 e. The lowest BCUT2D eigenvalue weighted by Gasteiger charge is -2.56. The Kier molecular flexibility index (Phi) is 6.59. The standard InChI is InChI=1S/C31H39N3O2/c35-28(21-31-18-23-15-24(19-31)17-25(16-23)20-31)32-22-29(36)33-11-13-34(14-12-33)30(26-7-3-1-4-8-26)27-9-5-2-6-10-27/h1-10,23-25,30H,11-22H2,(H,32,35). The number of nitrogens with one attached hydrogen (secondary N) is 1. The topological polar surface area (TPSA) is 52.7 Å². The van der Waals surface area contributed by atoms with Crippen molar-refractivity contribution in [2.75, 3.05) is 32.7 Å². The van der Waals surface area contributed by atoms with Gasteiger partial charge >= 0.3 is 0 Å². The van der Waals surface area contributed by atoms with Crippen molar-refractivity contribution in [1.29, 1.82) is 0 Å². The van der Waals surface area contributed by atoms with E-state index in [0.29, 0.717) is 19.5 Å². The Hall–Kier alpha value is -2.66. The first-order chi connectivity index (χ1) is 17.6. The maximum Gasteiger partial charge on any atom is 0.242 e. The molecular weight excluding hydrogens is 446 g/mol. The van der Waals surface area contributed by atoms with Gasteiger partial charge in [0.05, 0.1) is 12.6 Å². The molecule has 4 bridgehead atoms. The van der Waals surface area contributed by atoms with Crippen molar-refractivity contribution in [3.8, 4) is 0 Å². The zero-order valence-electron chi connectivity index (χ0n) is 21.3. The molecule has 5 fully saturated rings. The summed E-state index contributed by atoms with van der Waals surface area (Å²) in [5.74, 6) is 2.66. The number of piperazine rings is 1. The molecule has 1 heterocycles. The number of hydrogen-bond donors (Lipinski definition) is 1. The molecule has 190 valence electrons. The molecule has 0 spiro atoms. The van der Waals surface area contributed by atoms with E-state index in [1.54, 1.807) is 0 Å². The molecule has 1 saturated heterocycles. The van der Waals surface area contributed by atoms with E-state index in [4.69, 9.17) is 0 Å². The molecule has 2 amide bonds. The van der Waals surface area contributed by atoms with E-state index in [2.05, 4.69) is 70.9 Å². The third-order valence-electron chi connectivity index (χ3n) is 9.40. The molecule has 36 heavy (non-hydrogen) atoms. The molecule has 4 aliphatic carbocycles. The van der Waals surface area contributed by atoms with Gasteiger partial charge in [0.2, 0.25) is 11.8 Å². The van der Waals surface area contributed by atoms with Crippen LogP contribution in [0.1, 0.15) is 62.1 Å². The highest BCUT2D eigenvalue weighted by Crippen LogP contribution is 2.61. The molecule has 2 aromatic rings. The Bertz CT molecular complexity index is 987. The Morgan fingerprint density at radius 2 is 1.28 bits per heavy atom. The molecule has 0 atom stereocenters. The van der Waals surface area contributed by atoms with Crippen LogP contribution in [0, 0.1) is 23.2 Å². The zero-order valence-corrected chi connectivity index (χ0v) is 21.3. The van der Waals surface area contributed by atoms with Gasteiger partial charge in [-0.15, -0.1) is 0 Å². The van der Waals surface area contributed by atoms with Crippen molar-refractivity contribution < 1.29 is 9.59 Å². The summed E-state index contributed by atoms with van der Waals surface area (Å²) in [5.41, 5.74) is 2.78. The average Bonchev–Trinajstić information content (AvgIpc) is 2.88. The fraction of sp³-hybridized carbons (Fsp3) is 0.548. The number of carbonyl (C=O) groups is 2. The SMILES string of the molecule is O=C(CC12CC3CC(CC(C3)C1)C2)NCC(=O)N1CCN(C(c2ccccc2)c2ccccc2)CC1. The van der Waals surface area contributed by atoms with E-state index in [1.165, 1.54) is 49.7 Å². The number of nitrogens with zero attached hydrogens (tertiary/aromatic N) is 2. The average molecular weight is 486 g/mol. The Labute approximate surface area is 215 Å². The monoisotopic (exact) mass is 485 g/mol. The van der Waals surface area contributed by atoms with Gasteiger partial charge in [-0.25, -0.2) is 0 Å². The summed E-state index contributed by atoms with van der Waals surface area (Å²) in [5, 5.41) is 3.00. The molecule has 5 aliphatic rings. The zero-order chi connectivity index (χ0) is 24.5. The second-order valence-electron chi connectivity index (χ2n) is 12.0. The van der Waals surface area contributed by atoms with Gasteiger partial charge in [-0.3, -0.25) is 14.5 Å². The van der Waals surface area contributed by atoms with Crippen LogP contribution in [0.15, 0.2) is 60.7 Å². The van der Waals surface area contributed by atoms with E-state index >= 15 is 0 Å². The molecule has 7 rings (SSSR count). The second-order valence-corrected chi connectivity index (χ2v) is 12.0. The molecule has 4 saturated carbocycles. The summed E-state index contributed by atoms with van der Waals surface area (Å²) in [6.45, 7) is 3.16. The van der Waals surface area contributed by atoms with E-state index in [-0.39, 0.29) is 29.8 Å². The molecule has 1 aliphatic heterocycles. The quantitative estimate of drug-likeness (QED) is 0.622. The molecule has 5 heteroatoms. The van der Waals surface area contributed by atoms with E-state index < -0.39 is 0 Å². The van der Waals surface area contributed by atoms with Crippen molar-refractivity contribution in [2.24, 2.45) is 23.2 Å². The summed E-state index contributed by atoms with van der Waals surface area (Å²) < 4.78 is 0. The van der Waals surface area contributed by atoms with Crippen LogP contribution in [0.2, 0.25) is 0 Å². The smallest absolute Gasteiger partial charge is 0.242 e. The first-order valence-corrected chi connectivity index (χ1v) is 14.0. The van der Waals surface area contributed by atoms with Gasteiger partial charge in [0, 0.05) is 32.6 Å². The normalized spacial score (nSPS) is 29.5. The van der Waals surface area contributed by atoms with Crippen LogP contribution in [0.5, 0.6) is 0 Å². The number of amides is 2. The highest BCUT2D eigenvalue weighted by molar-refractivity contribution is 5.85. The lowest BCUT2D eigenvalue weighted by Crippen LogP contribution is -2.52. The summed E-state index contributed by atoms with van der Waals surface area (Å²) in [4.78, 5) is 30.3. The minimum Gasteiger partial charge on any atom is -0.347 e. The number of hydrogen-bond acceptors (Lipinski definition) is 3. The van der Waals surface area contributed by atoms with Crippen LogP contribution in [-0.4, -0.2) is 54.3 Å². The van der Waals surface area contributed by atoms with Gasteiger partial charge in [-0.2, -0.15) is 0 Å². The molecule has 5 nitrogen and oxygen atoms in total. The van der Waals surface area contributed by atoms with Gasteiger partial charge in [0.1, 0.15) is 0 Å². The third-order valence-corrected chi connectivity index (χ3v) is 9.40. The summed E-state index contributed by atoms with van der Waals surface area (Å²) in [7, 11) is 0. The second kappa shape index (κ2) is 10.0. The Balaban J connectivity index is 1.02. The van der Waals surface area contributed by atoms with Crippen molar-refractivity contribution in [2.45, 2.75) is 51.0 Å². The first kappa shape index (κ1) is 23.7. The first-order valence-electron chi connectivity index (χ1n) is 14.0. The van der Waals surface area contributed by atoms with Crippen molar-refractivity contribution in [3.63, 3.8) is 0 Å². The van der Waals surface area contributed by atoms with Crippen LogP contribution in [0.4, 0.5) is 0 Å². The lowest BCUT2D eigenvalue weighted by atomic mass is 9.49. The maximum atomic E-state index is 13.0. The fourth-order valence-corrected chi connectivity index (χ4v) is 8.31. The molecule has 0 aromatic heterocycles. The predicted octanol–water partition coefficient (Wildman–Crippen LogP) is 4.64. The minimum atomic E-state index is 0.0458. The Morgan fingerprint density at radius 1 is 0.778 bits per heavy atom. The van der Waals surface area contributed by atoms with Crippen LogP contribution in [0.3, 0.4) is 0 Å². The fourth-order valence-electron chi connectivity index (χ4n) is 8.31. The van der Waals surface area contributed by atoms with Gasteiger partial charge in [-0.1, -0.05) is 60.7 Å². The van der Waals surface area contributed by atoms with Crippen molar-refractivity contribution in [3.05, 3.63) is 71.8 Å². The third kappa shape index (κ3) is 4.95. The molecule has 1 N–H and O–H groups in total. The summed E-state index contributed by atoms with van der Waals surface area (Å²) >= 11 is 0. The highest BCUT2D eigenvalue weighted by atomic mass is 16.2. The van der Waals surface area contributed by atoms with Crippen LogP contribution >= 0.6 is 0 Å². The highest BCUT2D eigenvalue weighted by Gasteiger charge is 2.51. The van der Waals surface area contributed by atoms with Gasteiger partial charge in [0.25, 0.3) is 0 Å². The maximum absolute atomic E-state index is 13.0. The predicted molar refractivity (Wildman–Crippen MR) is 141 cm³/mol. The van der Waals surface area contributed by atoms with E-state index in [1.807, 2.05) is 4.90 Å².